The summed E-state index contributed by atoms with van der Waals surface area (Å²) in [5.74, 6) is 1.30. The van der Waals surface area contributed by atoms with Gasteiger partial charge in [-0.1, -0.05) is 11.6 Å². The third-order valence-corrected chi connectivity index (χ3v) is 3.83. The minimum absolute atomic E-state index is 0.000375. The number of nitrogens with one attached hydrogen (secondary N) is 2. The zero-order chi connectivity index (χ0) is 15.2. The molecule has 2 rings (SSSR count). The molecule has 1 saturated carbocycles. The molecule has 1 aromatic rings. The highest BCUT2D eigenvalue weighted by Gasteiger charge is 2.28. The van der Waals surface area contributed by atoms with Crippen LogP contribution in [-0.2, 0) is 4.79 Å². The number of amides is 1. The third-order valence-electron chi connectivity index (χ3n) is 3.59. The van der Waals surface area contributed by atoms with Crippen molar-refractivity contribution in [1.29, 1.82) is 0 Å². The van der Waals surface area contributed by atoms with Crippen molar-refractivity contribution >= 4 is 23.2 Å². The van der Waals surface area contributed by atoms with Crippen molar-refractivity contribution in [2.24, 2.45) is 11.7 Å². The van der Waals surface area contributed by atoms with E-state index in [1.54, 1.807) is 25.3 Å². The van der Waals surface area contributed by atoms with E-state index in [-0.39, 0.29) is 11.9 Å². The van der Waals surface area contributed by atoms with Crippen LogP contribution < -0.4 is 21.1 Å². The van der Waals surface area contributed by atoms with Gasteiger partial charge in [-0.05, 0) is 37.0 Å². The molecule has 0 aromatic heterocycles. The van der Waals surface area contributed by atoms with Gasteiger partial charge in [0.15, 0.2) is 0 Å². The first-order valence-electron chi connectivity index (χ1n) is 7.20. The van der Waals surface area contributed by atoms with Crippen molar-refractivity contribution in [2.45, 2.75) is 25.3 Å². The maximum atomic E-state index is 11.7. The van der Waals surface area contributed by atoms with Crippen LogP contribution in [0.3, 0.4) is 0 Å². The quantitative estimate of drug-likeness (QED) is 0.686. The van der Waals surface area contributed by atoms with Crippen LogP contribution >= 0.6 is 11.6 Å². The van der Waals surface area contributed by atoms with Crippen LogP contribution in [0, 0.1) is 5.92 Å². The number of ether oxygens (including phenoxy) is 1. The summed E-state index contributed by atoms with van der Waals surface area (Å²) in [6.07, 6.45) is 2.76. The van der Waals surface area contributed by atoms with Crippen LogP contribution in [-0.4, -0.2) is 32.1 Å². The van der Waals surface area contributed by atoms with Gasteiger partial charge in [0.05, 0.1) is 12.8 Å². The highest BCUT2D eigenvalue weighted by molar-refractivity contribution is 6.30. The van der Waals surface area contributed by atoms with Gasteiger partial charge in [0.25, 0.3) is 0 Å². The smallest absolute Gasteiger partial charge is 0.221 e. The number of halogens is 1. The Bertz CT molecular complexity index is 492. The van der Waals surface area contributed by atoms with E-state index < -0.39 is 0 Å². The Labute approximate surface area is 130 Å². The lowest BCUT2D eigenvalue weighted by Crippen LogP contribution is -2.39. The number of rotatable bonds is 8. The predicted molar refractivity (Wildman–Crippen MR) is 84.8 cm³/mol. The fourth-order valence-electron chi connectivity index (χ4n) is 2.14. The average Bonchev–Trinajstić information content (AvgIpc) is 3.29. The molecule has 0 radical (unpaired) electrons. The standard InChI is InChI=1S/C15H22ClN3O2/c1-21-14-5-4-11(16)8-13(14)18-7-6-15(20)19-9-12(17)10-2-3-10/h4-5,8,10,12,18H,2-3,6-7,9,17H2,1H3,(H,19,20). The van der Waals surface area contributed by atoms with E-state index in [4.69, 9.17) is 22.1 Å². The zero-order valence-corrected chi connectivity index (χ0v) is 13.0. The molecule has 1 fully saturated rings. The summed E-state index contributed by atoms with van der Waals surface area (Å²) >= 11 is 5.95. The number of hydrogen-bond acceptors (Lipinski definition) is 4. The second-order valence-electron chi connectivity index (χ2n) is 5.33. The first-order valence-corrected chi connectivity index (χ1v) is 7.57. The maximum Gasteiger partial charge on any atom is 0.221 e. The van der Waals surface area contributed by atoms with Crippen LogP contribution in [0.5, 0.6) is 5.75 Å². The fourth-order valence-corrected chi connectivity index (χ4v) is 2.31. The average molecular weight is 312 g/mol. The predicted octanol–water partition coefficient (Wildman–Crippen LogP) is 2.00. The number of carbonyl (C=O) groups excluding carboxylic acids is 1. The van der Waals surface area contributed by atoms with Crippen molar-refractivity contribution in [3.05, 3.63) is 23.2 Å². The molecule has 116 valence electrons. The number of benzene rings is 1. The van der Waals surface area contributed by atoms with Gasteiger partial charge in [0.2, 0.25) is 5.91 Å². The monoisotopic (exact) mass is 311 g/mol. The Morgan fingerprint density at radius 3 is 2.95 bits per heavy atom. The number of methoxy groups -OCH3 is 1. The zero-order valence-electron chi connectivity index (χ0n) is 12.2. The minimum Gasteiger partial charge on any atom is -0.495 e. The highest BCUT2D eigenvalue weighted by atomic mass is 35.5. The van der Waals surface area contributed by atoms with Crippen molar-refractivity contribution in [3.63, 3.8) is 0 Å². The number of nitrogens with two attached hydrogens (primary N) is 1. The van der Waals surface area contributed by atoms with Gasteiger partial charge < -0.3 is 21.1 Å². The van der Waals surface area contributed by atoms with Crippen molar-refractivity contribution in [3.8, 4) is 5.75 Å². The molecule has 5 nitrogen and oxygen atoms in total. The van der Waals surface area contributed by atoms with E-state index >= 15 is 0 Å². The molecule has 1 unspecified atom stereocenters. The van der Waals surface area contributed by atoms with E-state index in [1.807, 2.05) is 0 Å². The lowest BCUT2D eigenvalue weighted by Gasteiger charge is -2.13. The van der Waals surface area contributed by atoms with E-state index in [9.17, 15) is 4.79 Å². The van der Waals surface area contributed by atoms with Crippen LogP contribution in [0.2, 0.25) is 5.02 Å². The third kappa shape index (κ3) is 5.10. The van der Waals surface area contributed by atoms with Crippen LogP contribution in [0.1, 0.15) is 19.3 Å². The molecule has 0 bridgehead atoms. The van der Waals surface area contributed by atoms with Gasteiger partial charge >= 0.3 is 0 Å². The first kappa shape index (κ1) is 15.9. The number of hydrogen-bond donors (Lipinski definition) is 3. The molecule has 0 spiro atoms. The Morgan fingerprint density at radius 2 is 2.29 bits per heavy atom. The lowest BCUT2D eigenvalue weighted by molar-refractivity contribution is -0.120. The van der Waals surface area contributed by atoms with Gasteiger partial charge in [-0.15, -0.1) is 0 Å². The van der Waals surface area contributed by atoms with Gasteiger partial charge in [0.1, 0.15) is 5.75 Å². The summed E-state index contributed by atoms with van der Waals surface area (Å²) in [5.41, 5.74) is 6.72. The minimum atomic E-state index is -0.000375. The summed E-state index contributed by atoms with van der Waals surface area (Å²) in [6, 6.07) is 5.42. The van der Waals surface area contributed by atoms with Crippen LogP contribution in [0.25, 0.3) is 0 Å². The van der Waals surface area contributed by atoms with Gasteiger partial charge in [0, 0.05) is 30.6 Å². The second-order valence-corrected chi connectivity index (χ2v) is 5.76. The normalized spacial score (nSPS) is 15.4. The number of carbonyl (C=O) groups is 1. The first-order chi connectivity index (χ1) is 10.1. The summed E-state index contributed by atoms with van der Waals surface area (Å²) in [7, 11) is 1.60. The molecular weight excluding hydrogens is 290 g/mol. The molecule has 21 heavy (non-hydrogen) atoms. The lowest BCUT2D eigenvalue weighted by atomic mass is 10.2. The number of anilines is 1. The van der Waals surface area contributed by atoms with Crippen molar-refractivity contribution in [2.75, 3.05) is 25.5 Å². The molecule has 0 saturated heterocycles. The summed E-state index contributed by atoms with van der Waals surface area (Å²) in [6.45, 7) is 1.07. The van der Waals surface area contributed by atoms with Crippen LogP contribution in [0.15, 0.2) is 18.2 Å². The van der Waals surface area contributed by atoms with Gasteiger partial charge in [-0.2, -0.15) is 0 Å². The maximum absolute atomic E-state index is 11.7. The molecule has 6 heteroatoms. The van der Waals surface area contributed by atoms with E-state index in [1.165, 1.54) is 12.8 Å². The largest absolute Gasteiger partial charge is 0.495 e. The SMILES string of the molecule is COc1ccc(Cl)cc1NCCC(=O)NCC(N)C1CC1. The molecule has 0 aliphatic heterocycles. The topological polar surface area (TPSA) is 76.4 Å². The van der Waals surface area contributed by atoms with Crippen molar-refractivity contribution < 1.29 is 9.53 Å². The van der Waals surface area contributed by atoms with E-state index in [0.29, 0.717) is 36.2 Å². The molecule has 1 atom stereocenters. The summed E-state index contributed by atoms with van der Waals surface area (Å²) in [5, 5.41) is 6.65. The molecule has 1 aromatic carbocycles. The molecular formula is C15H22ClN3O2. The summed E-state index contributed by atoms with van der Waals surface area (Å²) in [4.78, 5) is 11.7. The molecule has 1 aliphatic carbocycles. The Balaban J connectivity index is 1.70. The van der Waals surface area contributed by atoms with Gasteiger partial charge in [-0.25, -0.2) is 0 Å². The van der Waals surface area contributed by atoms with E-state index in [2.05, 4.69) is 10.6 Å². The van der Waals surface area contributed by atoms with Gasteiger partial charge in [-0.3, -0.25) is 4.79 Å². The highest BCUT2D eigenvalue weighted by Crippen LogP contribution is 2.31. The molecule has 1 amide bonds. The fraction of sp³-hybridized carbons (Fsp3) is 0.533. The molecule has 0 heterocycles. The Kier molecular flexibility index (Phi) is 5.70. The molecule has 1 aliphatic rings. The Morgan fingerprint density at radius 1 is 1.52 bits per heavy atom. The molecule has 4 N–H and O–H groups in total. The summed E-state index contributed by atoms with van der Waals surface area (Å²) < 4.78 is 5.23. The van der Waals surface area contributed by atoms with Crippen molar-refractivity contribution in [1.82, 2.24) is 5.32 Å². The van der Waals surface area contributed by atoms with E-state index in [0.717, 1.165) is 5.69 Å². The van der Waals surface area contributed by atoms with Crippen LogP contribution in [0.4, 0.5) is 5.69 Å². The Hall–Kier alpha value is -1.46. The second kappa shape index (κ2) is 7.52.